The Morgan fingerprint density at radius 2 is 1.95 bits per heavy atom. The topological polar surface area (TPSA) is 55.6 Å². The Labute approximate surface area is 113 Å². The lowest BCUT2D eigenvalue weighted by molar-refractivity contribution is 0.0792. The third-order valence-corrected chi connectivity index (χ3v) is 4.48. The van der Waals surface area contributed by atoms with Gasteiger partial charge in [0.2, 0.25) is 0 Å². The van der Waals surface area contributed by atoms with Crippen LogP contribution in [0.1, 0.15) is 24.8 Å². The second-order valence-electron chi connectivity index (χ2n) is 5.70. The van der Waals surface area contributed by atoms with E-state index in [9.17, 15) is 4.79 Å². The number of piperidine rings is 1. The average Bonchev–Trinajstić information content (AvgIpc) is 3.07. The molecule has 0 aromatic heterocycles. The molecular formula is C15H20N2O2. The minimum atomic E-state index is -0.201. The Hall–Kier alpha value is -1.55. The molecule has 102 valence electrons. The molecule has 0 unspecified atom stereocenters. The van der Waals surface area contributed by atoms with Gasteiger partial charge in [-0.05, 0) is 30.2 Å². The van der Waals surface area contributed by atoms with Crippen molar-refractivity contribution in [3.05, 3.63) is 35.9 Å². The van der Waals surface area contributed by atoms with Crippen LogP contribution >= 0.6 is 0 Å². The number of hydrogen-bond donors (Lipinski definition) is 1. The Kier molecular flexibility index (Phi) is 3.19. The molecule has 1 spiro atoms. The average molecular weight is 260 g/mol. The summed E-state index contributed by atoms with van der Waals surface area (Å²) in [6, 6.07) is 10.1. The van der Waals surface area contributed by atoms with Gasteiger partial charge in [-0.25, -0.2) is 4.79 Å². The molecule has 3 rings (SSSR count). The minimum absolute atomic E-state index is 0.201. The molecule has 0 bridgehead atoms. The normalized spacial score (nSPS) is 24.3. The van der Waals surface area contributed by atoms with Crippen LogP contribution in [0.4, 0.5) is 4.79 Å². The largest absolute Gasteiger partial charge is 0.445 e. The first-order chi connectivity index (χ1) is 9.20. The molecule has 1 heterocycles. The second-order valence-corrected chi connectivity index (χ2v) is 5.70. The summed E-state index contributed by atoms with van der Waals surface area (Å²) in [5.74, 6) is 0. The fraction of sp³-hybridized carbons (Fsp3) is 0.533. The van der Waals surface area contributed by atoms with E-state index in [-0.39, 0.29) is 6.09 Å². The highest BCUT2D eigenvalue weighted by molar-refractivity contribution is 5.67. The minimum Gasteiger partial charge on any atom is -0.445 e. The highest BCUT2D eigenvalue weighted by Crippen LogP contribution is 2.52. The SMILES string of the molecule is N[C@H]1CC12CCN(C(=O)OCc1ccccc1)CC2. The van der Waals surface area contributed by atoms with Crippen molar-refractivity contribution >= 4 is 6.09 Å². The van der Waals surface area contributed by atoms with Crippen LogP contribution in [-0.2, 0) is 11.3 Å². The maximum Gasteiger partial charge on any atom is 0.410 e. The van der Waals surface area contributed by atoms with Gasteiger partial charge in [0.25, 0.3) is 0 Å². The first kappa shape index (κ1) is 12.5. The van der Waals surface area contributed by atoms with Crippen molar-refractivity contribution in [2.75, 3.05) is 13.1 Å². The third-order valence-electron chi connectivity index (χ3n) is 4.48. The summed E-state index contributed by atoms with van der Waals surface area (Å²) in [6.07, 6.45) is 2.97. The lowest BCUT2D eigenvalue weighted by Crippen LogP contribution is -2.40. The molecular weight excluding hydrogens is 240 g/mol. The van der Waals surface area contributed by atoms with Gasteiger partial charge in [0.05, 0.1) is 0 Å². The van der Waals surface area contributed by atoms with Gasteiger partial charge < -0.3 is 15.4 Å². The van der Waals surface area contributed by atoms with Crippen molar-refractivity contribution in [2.45, 2.75) is 31.9 Å². The van der Waals surface area contributed by atoms with Crippen molar-refractivity contribution in [2.24, 2.45) is 11.1 Å². The molecule has 1 aliphatic heterocycles. The Balaban J connectivity index is 1.46. The van der Waals surface area contributed by atoms with Gasteiger partial charge in [0.15, 0.2) is 0 Å². The number of likely N-dealkylation sites (tertiary alicyclic amines) is 1. The smallest absolute Gasteiger partial charge is 0.410 e. The van der Waals surface area contributed by atoms with Crippen LogP contribution in [0.5, 0.6) is 0 Å². The van der Waals surface area contributed by atoms with Crippen LogP contribution in [-0.4, -0.2) is 30.1 Å². The van der Waals surface area contributed by atoms with E-state index in [4.69, 9.17) is 10.5 Å². The summed E-state index contributed by atoms with van der Waals surface area (Å²) < 4.78 is 5.34. The van der Waals surface area contributed by atoms with E-state index in [0.717, 1.165) is 37.9 Å². The molecule has 4 heteroatoms. The first-order valence-corrected chi connectivity index (χ1v) is 6.91. The fourth-order valence-electron chi connectivity index (χ4n) is 2.90. The first-order valence-electron chi connectivity index (χ1n) is 6.91. The molecule has 1 aromatic carbocycles. The number of carbonyl (C=O) groups is 1. The van der Waals surface area contributed by atoms with Crippen molar-refractivity contribution in [1.29, 1.82) is 0 Å². The monoisotopic (exact) mass is 260 g/mol. The molecule has 1 aromatic rings. The summed E-state index contributed by atoms with van der Waals surface area (Å²) in [6.45, 7) is 1.91. The molecule has 2 aliphatic rings. The van der Waals surface area contributed by atoms with E-state index in [2.05, 4.69) is 0 Å². The number of nitrogens with two attached hydrogens (primary N) is 1. The molecule has 2 fully saturated rings. The zero-order chi connectivity index (χ0) is 13.3. The van der Waals surface area contributed by atoms with Gasteiger partial charge >= 0.3 is 6.09 Å². The van der Waals surface area contributed by atoms with Crippen LogP contribution in [0.3, 0.4) is 0 Å². The molecule has 0 radical (unpaired) electrons. The predicted molar refractivity (Wildman–Crippen MR) is 72.5 cm³/mol. The lowest BCUT2D eigenvalue weighted by atomic mass is 9.93. The summed E-state index contributed by atoms with van der Waals surface area (Å²) >= 11 is 0. The molecule has 1 saturated carbocycles. The lowest BCUT2D eigenvalue weighted by Gasteiger charge is -2.31. The number of ether oxygens (including phenoxy) is 1. The zero-order valence-electron chi connectivity index (χ0n) is 11.0. The number of hydrogen-bond acceptors (Lipinski definition) is 3. The highest BCUT2D eigenvalue weighted by atomic mass is 16.6. The predicted octanol–water partition coefficient (Wildman–Crippen LogP) is 2.14. The Bertz CT molecular complexity index is 452. The fourth-order valence-corrected chi connectivity index (χ4v) is 2.90. The van der Waals surface area contributed by atoms with Gasteiger partial charge in [-0.2, -0.15) is 0 Å². The highest BCUT2D eigenvalue weighted by Gasteiger charge is 2.53. The van der Waals surface area contributed by atoms with Gasteiger partial charge in [0, 0.05) is 19.1 Å². The summed E-state index contributed by atoms with van der Waals surface area (Å²) in [5.41, 5.74) is 7.32. The van der Waals surface area contributed by atoms with Crippen LogP contribution < -0.4 is 5.73 Å². The van der Waals surface area contributed by atoms with Gasteiger partial charge in [-0.3, -0.25) is 0 Å². The third kappa shape index (κ3) is 2.59. The standard InChI is InChI=1S/C15H20N2O2/c16-13-10-15(13)6-8-17(9-7-15)14(18)19-11-12-4-2-1-3-5-12/h1-5,13H,6-11,16H2/t13-/m0/s1. The van der Waals surface area contributed by atoms with E-state index in [1.54, 1.807) is 4.90 Å². The van der Waals surface area contributed by atoms with Crippen molar-refractivity contribution in [1.82, 2.24) is 4.90 Å². The molecule has 1 aliphatic carbocycles. The summed E-state index contributed by atoms with van der Waals surface area (Å²) in [4.78, 5) is 13.8. The van der Waals surface area contributed by atoms with Gasteiger partial charge in [-0.15, -0.1) is 0 Å². The maximum atomic E-state index is 12.0. The van der Waals surface area contributed by atoms with Crippen LogP contribution in [0.2, 0.25) is 0 Å². The number of benzene rings is 1. The van der Waals surface area contributed by atoms with Gasteiger partial charge in [-0.1, -0.05) is 30.3 Å². The Morgan fingerprint density at radius 1 is 1.32 bits per heavy atom. The quantitative estimate of drug-likeness (QED) is 0.886. The van der Waals surface area contributed by atoms with Gasteiger partial charge in [0.1, 0.15) is 6.61 Å². The molecule has 1 atom stereocenters. The number of rotatable bonds is 2. The van der Waals surface area contributed by atoms with Crippen LogP contribution in [0.25, 0.3) is 0 Å². The second kappa shape index (κ2) is 4.85. The van der Waals surface area contributed by atoms with Crippen molar-refractivity contribution in [3.8, 4) is 0 Å². The van der Waals surface area contributed by atoms with Crippen molar-refractivity contribution in [3.63, 3.8) is 0 Å². The molecule has 1 saturated heterocycles. The summed E-state index contributed by atoms with van der Waals surface area (Å²) in [5, 5.41) is 0. The van der Waals surface area contributed by atoms with E-state index in [1.807, 2.05) is 30.3 Å². The van der Waals surface area contributed by atoms with E-state index in [1.165, 1.54) is 0 Å². The molecule has 1 amide bonds. The number of carbonyl (C=O) groups excluding carboxylic acids is 1. The van der Waals surface area contributed by atoms with Crippen molar-refractivity contribution < 1.29 is 9.53 Å². The number of amides is 1. The summed E-state index contributed by atoms with van der Waals surface area (Å²) in [7, 11) is 0. The van der Waals surface area contributed by atoms with Crippen LogP contribution in [0.15, 0.2) is 30.3 Å². The Morgan fingerprint density at radius 3 is 2.53 bits per heavy atom. The maximum absolute atomic E-state index is 12.0. The van der Waals surface area contributed by atoms with E-state index < -0.39 is 0 Å². The van der Waals surface area contributed by atoms with E-state index in [0.29, 0.717) is 18.1 Å². The van der Waals surface area contributed by atoms with E-state index >= 15 is 0 Å². The molecule has 19 heavy (non-hydrogen) atoms. The zero-order valence-corrected chi connectivity index (χ0v) is 11.0. The van der Waals surface area contributed by atoms with Crippen LogP contribution in [0, 0.1) is 5.41 Å². The molecule has 4 nitrogen and oxygen atoms in total. The number of nitrogens with zero attached hydrogens (tertiary/aromatic N) is 1. The molecule has 2 N–H and O–H groups in total.